The van der Waals surface area contributed by atoms with Crippen LogP contribution in [0.1, 0.15) is 108 Å². The van der Waals surface area contributed by atoms with Gasteiger partial charge in [0.25, 0.3) is 0 Å². The normalized spacial score (nSPS) is 14.7. The lowest BCUT2D eigenvalue weighted by Gasteiger charge is -2.27. The second-order valence-corrected chi connectivity index (χ2v) is 22.9. The molecule has 3 aliphatic carbocycles. The van der Waals surface area contributed by atoms with Crippen LogP contribution in [0.4, 0.5) is 34.4 Å². The van der Waals surface area contributed by atoms with Crippen molar-refractivity contribution in [3.8, 4) is 33.4 Å². The number of benzene rings is 8. The molecule has 0 saturated carbocycles. The van der Waals surface area contributed by atoms with Crippen molar-refractivity contribution in [1.82, 2.24) is 9.97 Å². The maximum Gasteiger partial charge on any atom is 0.137 e. The number of aromatic nitrogens is 2. The highest BCUT2D eigenvalue weighted by Crippen LogP contribution is 2.54. The number of nitrogens with zero attached hydrogens (tertiary/aromatic N) is 4. The molecule has 0 unspecified atom stereocenters. The van der Waals surface area contributed by atoms with E-state index in [1.807, 2.05) is 24.5 Å². The Bertz CT molecular complexity index is 3750. The molecular formula is C73H62N4. The summed E-state index contributed by atoms with van der Waals surface area (Å²) in [6, 6.07) is 71.4. The van der Waals surface area contributed by atoms with E-state index in [-0.39, 0.29) is 16.2 Å². The van der Waals surface area contributed by atoms with E-state index in [0.29, 0.717) is 0 Å². The highest BCUT2D eigenvalue weighted by molar-refractivity contribution is 5.90. The smallest absolute Gasteiger partial charge is 0.137 e. The van der Waals surface area contributed by atoms with Crippen LogP contribution >= 0.6 is 0 Å². The van der Waals surface area contributed by atoms with Crippen molar-refractivity contribution >= 4 is 58.7 Å². The maximum absolute atomic E-state index is 4.78. The minimum Gasteiger partial charge on any atom is -0.295 e. The monoisotopic (exact) mass is 994 g/mol. The second kappa shape index (κ2) is 18.2. The van der Waals surface area contributed by atoms with Gasteiger partial charge in [0.15, 0.2) is 0 Å². The topological polar surface area (TPSA) is 32.3 Å². The molecule has 374 valence electrons. The zero-order valence-electron chi connectivity index (χ0n) is 45.2. The molecule has 0 saturated heterocycles. The van der Waals surface area contributed by atoms with Crippen LogP contribution in [0.25, 0.3) is 57.7 Å². The fourth-order valence-corrected chi connectivity index (χ4v) is 12.5. The lowest BCUT2D eigenvalue weighted by atomic mass is 9.81. The molecule has 3 aliphatic rings. The van der Waals surface area contributed by atoms with Gasteiger partial charge in [0, 0.05) is 51.4 Å². The molecule has 77 heavy (non-hydrogen) atoms. The third kappa shape index (κ3) is 8.13. The Hall–Kier alpha value is -8.86. The molecule has 0 N–H and O–H groups in total. The van der Waals surface area contributed by atoms with Gasteiger partial charge in [-0.25, -0.2) is 9.97 Å². The van der Waals surface area contributed by atoms with Gasteiger partial charge in [-0.15, -0.1) is 0 Å². The zero-order chi connectivity index (χ0) is 52.8. The van der Waals surface area contributed by atoms with Crippen molar-refractivity contribution in [2.75, 3.05) is 9.80 Å². The summed E-state index contributed by atoms with van der Waals surface area (Å²) in [5.41, 5.74) is 27.1. The molecule has 4 heteroatoms. The van der Waals surface area contributed by atoms with Crippen LogP contribution < -0.4 is 9.80 Å². The summed E-state index contributed by atoms with van der Waals surface area (Å²) in [6.07, 6.45) is 12.9. The SMILES string of the molecule is Cc1ccc(N(c2ccc3c(c2)C(C)(C)c2cc(/C=C/c4ccc5c(c4)C(C)(C)c4cc(/C=C/c6ccc7c(c6)C(C)(C)c6cc(N(c8ccc(C)cc8)c8ccccn8)ccc6-7)ccc4-5)ccc2-3)c2ccccn2)cc1. The summed E-state index contributed by atoms with van der Waals surface area (Å²) in [5, 5.41) is 0. The Morgan fingerprint density at radius 1 is 0.299 bits per heavy atom. The highest BCUT2D eigenvalue weighted by atomic mass is 15.2. The summed E-state index contributed by atoms with van der Waals surface area (Å²) in [7, 11) is 0. The molecule has 0 atom stereocenters. The van der Waals surface area contributed by atoms with Crippen molar-refractivity contribution in [1.29, 1.82) is 0 Å². The molecule has 4 nitrogen and oxygen atoms in total. The van der Waals surface area contributed by atoms with Crippen molar-refractivity contribution in [2.24, 2.45) is 0 Å². The number of fused-ring (bicyclic) bond motifs is 9. The number of pyridine rings is 2. The van der Waals surface area contributed by atoms with E-state index < -0.39 is 0 Å². The molecule has 0 fully saturated rings. The third-order valence-electron chi connectivity index (χ3n) is 16.9. The van der Waals surface area contributed by atoms with Crippen LogP contribution in [0.3, 0.4) is 0 Å². The van der Waals surface area contributed by atoms with E-state index >= 15 is 0 Å². The van der Waals surface area contributed by atoms with E-state index in [0.717, 1.165) is 34.4 Å². The van der Waals surface area contributed by atoms with Gasteiger partial charge in [-0.2, -0.15) is 0 Å². The fourth-order valence-electron chi connectivity index (χ4n) is 12.5. The number of hydrogen-bond acceptors (Lipinski definition) is 4. The van der Waals surface area contributed by atoms with E-state index in [1.165, 1.54) is 100 Å². The van der Waals surface area contributed by atoms with Gasteiger partial charge in [0.2, 0.25) is 0 Å². The summed E-state index contributed by atoms with van der Waals surface area (Å²) < 4.78 is 0. The minimum absolute atomic E-state index is 0.153. The minimum atomic E-state index is -0.187. The van der Waals surface area contributed by atoms with Gasteiger partial charge < -0.3 is 0 Å². The summed E-state index contributed by atoms with van der Waals surface area (Å²) in [6.45, 7) is 18.5. The predicted octanol–water partition coefficient (Wildman–Crippen LogP) is 19.3. The average Bonchev–Trinajstić information content (AvgIpc) is 4.11. The fraction of sp³-hybridized carbons (Fsp3) is 0.151. The van der Waals surface area contributed by atoms with Crippen molar-refractivity contribution in [2.45, 2.75) is 71.6 Å². The molecule has 13 rings (SSSR count). The first-order valence-electron chi connectivity index (χ1n) is 27.0. The molecule has 10 aromatic rings. The molecule has 0 spiro atoms. The number of aryl methyl sites for hydroxylation is 2. The quantitative estimate of drug-likeness (QED) is 0.128. The molecule has 8 aromatic carbocycles. The lowest BCUT2D eigenvalue weighted by molar-refractivity contribution is 0.660. The van der Waals surface area contributed by atoms with Crippen LogP contribution in [-0.2, 0) is 16.2 Å². The zero-order valence-corrected chi connectivity index (χ0v) is 45.2. The van der Waals surface area contributed by atoms with E-state index in [9.17, 15) is 0 Å². The molecular weight excluding hydrogens is 933 g/mol. The molecule has 2 aromatic heterocycles. The average molecular weight is 995 g/mol. The Kier molecular flexibility index (Phi) is 11.3. The van der Waals surface area contributed by atoms with E-state index in [1.54, 1.807) is 0 Å². The van der Waals surface area contributed by atoms with Crippen molar-refractivity contribution in [3.05, 3.63) is 273 Å². The van der Waals surface area contributed by atoms with Crippen molar-refractivity contribution in [3.63, 3.8) is 0 Å². The molecule has 0 amide bonds. The first-order chi connectivity index (χ1) is 37.2. The van der Waals surface area contributed by atoms with E-state index in [4.69, 9.17) is 9.97 Å². The number of hydrogen-bond donors (Lipinski definition) is 0. The van der Waals surface area contributed by atoms with Crippen LogP contribution in [0.2, 0.25) is 0 Å². The standard InChI is InChI=1S/C73H62N4/c1-47-15-27-53(28-16-47)76(69-13-9-11-39-74-69)55-31-37-61-59-35-25-51(43-65(59)72(5,6)67(61)45-55)21-19-49-23-33-57-58-34-24-50(42-64(58)71(3,4)63(57)41-49)20-22-52-26-36-60-62-38-32-56(46-68(62)73(7,8)66(60)44-52)77(70-14-10-12-40-75-70)54-29-17-48(2)18-30-54/h9-46H,1-8H3/b21-19+,22-20+. The Balaban J connectivity index is 0.730. The second-order valence-electron chi connectivity index (χ2n) is 22.9. The highest BCUT2D eigenvalue weighted by Gasteiger charge is 2.39. The Morgan fingerprint density at radius 2 is 0.571 bits per heavy atom. The van der Waals surface area contributed by atoms with Crippen LogP contribution in [-0.4, -0.2) is 9.97 Å². The van der Waals surface area contributed by atoms with Crippen molar-refractivity contribution < 1.29 is 0 Å². The summed E-state index contributed by atoms with van der Waals surface area (Å²) >= 11 is 0. The van der Waals surface area contributed by atoms with Crippen LogP contribution in [0.5, 0.6) is 0 Å². The largest absolute Gasteiger partial charge is 0.295 e. The van der Waals surface area contributed by atoms with E-state index in [2.05, 4.69) is 271 Å². The lowest BCUT2D eigenvalue weighted by Crippen LogP contribution is -2.17. The predicted molar refractivity (Wildman–Crippen MR) is 324 cm³/mol. The van der Waals surface area contributed by atoms with Crippen LogP contribution in [0, 0.1) is 13.8 Å². The van der Waals surface area contributed by atoms with Gasteiger partial charge in [0.05, 0.1) is 0 Å². The Morgan fingerprint density at radius 3 is 0.857 bits per heavy atom. The molecule has 0 radical (unpaired) electrons. The maximum atomic E-state index is 4.78. The number of rotatable bonds is 10. The Labute approximate surface area is 454 Å². The van der Waals surface area contributed by atoms with Gasteiger partial charge in [0.1, 0.15) is 11.6 Å². The van der Waals surface area contributed by atoms with Gasteiger partial charge in [-0.3, -0.25) is 9.80 Å². The molecule has 2 heterocycles. The first-order valence-corrected chi connectivity index (χ1v) is 27.0. The van der Waals surface area contributed by atoms with Gasteiger partial charge in [-0.1, -0.05) is 198 Å². The third-order valence-corrected chi connectivity index (χ3v) is 16.9. The molecule has 0 aliphatic heterocycles. The van der Waals surface area contributed by atoms with Gasteiger partial charge >= 0.3 is 0 Å². The first kappa shape index (κ1) is 47.8. The van der Waals surface area contributed by atoms with Crippen LogP contribution in [0.15, 0.2) is 207 Å². The molecule has 0 bridgehead atoms. The summed E-state index contributed by atoms with van der Waals surface area (Å²) in [5.74, 6) is 1.80. The number of anilines is 6. The van der Waals surface area contributed by atoms with Gasteiger partial charge in [-0.05, 0) is 176 Å². The summed E-state index contributed by atoms with van der Waals surface area (Å²) in [4.78, 5) is 14.1.